The first-order valence-corrected chi connectivity index (χ1v) is 11.4. The molecule has 0 saturated heterocycles. The number of Topliss-reactive ketones (excluding diaryl/α,β-unsaturated/α-hetero) is 1. The van der Waals surface area contributed by atoms with Gasteiger partial charge in [-0.15, -0.1) is 0 Å². The highest BCUT2D eigenvalue weighted by molar-refractivity contribution is 6.17. The zero-order valence-corrected chi connectivity index (χ0v) is 18.7. The summed E-state index contributed by atoms with van der Waals surface area (Å²) >= 11 is 0. The number of H-pyrrole nitrogens is 1. The van der Waals surface area contributed by atoms with Crippen molar-refractivity contribution in [2.75, 3.05) is 11.7 Å². The average Bonchev–Trinajstić information content (AvgIpc) is 3.59. The molecule has 0 bridgehead atoms. The number of nitrogens with zero attached hydrogens (tertiary/aromatic N) is 1. The molecule has 2 aliphatic rings. The standard InChI is InChI=1S/C28H22N2O5/c31-22(12-10-17-6-2-1-3-7-17)25-26(20-15-29-21-9-5-4-8-19(20)21)30(28(33)27(25)32)18-11-13-23-24(14-18)35-16-34-23/h1-9,11,13-15,26,29,32H,10,12,16H2. The Balaban J connectivity index is 1.44. The third kappa shape index (κ3) is 3.52. The lowest BCUT2D eigenvalue weighted by Crippen LogP contribution is -2.31. The number of amides is 1. The predicted molar refractivity (Wildman–Crippen MR) is 131 cm³/mol. The molecule has 1 atom stereocenters. The Hall–Kier alpha value is -4.52. The second-order valence-electron chi connectivity index (χ2n) is 8.58. The minimum atomic E-state index is -0.790. The molecule has 6 rings (SSSR count). The number of carbonyl (C=O) groups is 2. The number of aliphatic hydroxyl groups is 1. The molecule has 2 N–H and O–H groups in total. The lowest BCUT2D eigenvalue weighted by atomic mass is 9.92. The van der Waals surface area contributed by atoms with Gasteiger partial charge in [-0.05, 0) is 30.2 Å². The Morgan fingerprint density at radius 2 is 1.77 bits per heavy atom. The molecule has 2 aliphatic heterocycles. The number of anilines is 1. The molecule has 1 aromatic heterocycles. The molecule has 7 nitrogen and oxygen atoms in total. The van der Waals surface area contributed by atoms with E-state index >= 15 is 0 Å². The van der Waals surface area contributed by atoms with Crippen LogP contribution in [0.4, 0.5) is 5.69 Å². The van der Waals surface area contributed by atoms with E-state index in [0.29, 0.717) is 23.6 Å². The van der Waals surface area contributed by atoms with E-state index in [1.165, 1.54) is 4.90 Å². The number of aromatic amines is 1. The lowest BCUT2D eigenvalue weighted by molar-refractivity contribution is -0.118. The molecular formula is C28H22N2O5. The van der Waals surface area contributed by atoms with Crippen LogP contribution in [0.15, 0.2) is 90.3 Å². The van der Waals surface area contributed by atoms with Crippen molar-refractivity contribution < 1.29 is 24.2 Å². The van der Waals surface area contributed by atoms with Crippen molar-refractivity contribution in [1.29, 1.82) is 0 Å². The zero-order valence-electron chi connectivity index (χ0n) is 18.7. The van der Waals surface area contributed by atoms with E-state index < -0.39 is 17.7 Å². The molecule has 0 spiro atoms. The Morgan fingerprint density at radius 3 is 2.63 bits per heavy atom. The van der Waals surface area contributed by atoms with Crippen molar-refractivity contribution in [2.45, 2.75) is 18.9 Å². The minimum Gasteiger partial charge on any atom is -0.503 e. The number of ether oxygens (including phenoxy) is 2. The van der Waals surface area contributed by atoms with Crippen molar-refractivity contribution in [3.05, 3.63) is 101 Å². The number of carbonyl (C=O) groups excluding carboxylic acids is 2. The summed E-state index contributed by atoms with van der Waals surface area (Å²) in [6.07, 6.45) is 2.48. The maximum atomic E-state index is 13.5. The fourth-order valence-electron chi connectivity index (χ4n) is 4.84. The summed E-state index contributed by atoms with van der Waals surface area (Å²) < 4.78 is 10.9. The van der Waals surface area contributed by atoms with E-state index in [0.717, 1.165) is 22.0 Å². The molecule has 174 valence electrons. The van der Waals surface area contributed by atoms with Gasteiger partial charge in [0, 0.05) is 40.8 Å². The topological polar surface area (TPSA) is 91.9 Å². The molecule has 1 unspecified atom stereocenters. The Bertz CT molecular complexity index is 1490. The molecular weight excluding hydrogens is 444 g/mol. The molecule has 35 heavy (non-hydrogen) atoms. The molecule has 0 saturated carbocycles. The number of aliphatic hydroxyl groups excluding tert-OH is 1. The number of para-hydroxylation sites is 1. The number of fused-ring (bicyclic) bond motifs is 2. The number of hydrogen-bond donors (Lipinski definition) is 2. The predicted octanol–water partition coefficient (Wildman–Crippen LogP) is 5.00. The van der Waals surface area contributed by atoms with Crippen molar-refractivity contribution in [3.63, 3.8) is 0 Å². The highest BCUT2D eigenvalue weighted by atomic mass is 16.7. The van der Waals surface area contributed by atoms with Crippen LogP contribution >= 0.6 is 0 Å². The second-order valence-corrected chi connectivity index (χ2v) is 8.58. The number of aromatic nitrogens is 1. The molecule has 4 aromatic rings. The zero-order chi connectivity index (χ0) is 23.9. The number of rotatable bonds is 6. The van der Waals surface area contributed by atoms with Gasteiger partial charge in [-0.25, -0.2) is 0 Å². The van der Waals surface area contributed by atoms with Gasteiger partial charge in [0.15, 0.2) is 23.0 Å². The van der Waals surface area contributed by atoms with Gasteiger partial charge < -0.3 is 19.6 Å². The SMILES string of the molecule is O=C(CCc1ccccc1)C1=C(O)C(=O)N(c2ccc3c(c2)OCO3)C1c1c[nH]c2ccccc12. The summed E-state index contributed by atoms with van der Waals surface area (Å²) in [5.74, 6) is -0.312. The monoisotopic (exact) mass is 466 g/mol. The van der Waals surface area contributed by atoms with Crippen LogP contribution in [-0.2, 0) is 16.0 Å². The number of nitrogens with one attached hydrogen (secondary N) is 1. The van der Waals surface area contributed by atoms with Crippen LogP contribution in [0.25, 0.3) is 10.9 Å². The largest absolute Gasteiger partial charge is 0.503 e. The van der Waals surface area contributed by atoms with Crippen LogP contribution in [0.1, 0.15) is 23.6 Å². The summed E-state index contributed by atoms with van der Waals surface area (Å²) in [7, 11) is 0. The molecule has 0 radical (unpaired) electrons. The molecule has 7 heteroatoms. The second kappa shape index (κ2) is 8.36. The van der Waals surface area contributed by atoms with E-state index in [1.54, 1.807) is 24.4 Å². The number of hydrogen-bond acceptors (Lipinski definition) is 5. The van der Waals surface area contributed by atoms with Gasteiger partial charge in [-0.2, -0.15) is 0 Å². The quantitative estimate of drug-likeness (QED) is 0.417. The number of aryl methyl sites for hydroxylation is 1. The Morgan fingerprint density at radius 1 is 1.00 bits per heavy atom. The van der Waals surface area contributed by atoms with Gasteiger partial charge in [0.2, 0.25) is 6.79 Å². The van der Waals surface area contributed by atoms with Crippen LogP contribution in [-0.4, -0.2) is 28.6 Å². The first-order chi connectivity index (χ1) is 17.1. The fourth-order valence-corrected chi connectivity index (χ4v) is 4.84. The van der Waals surface area contributed by atoms with Crippen LogP contribution in [0.3, 0.4) is 0 Å². The summed E-state index contributed by atoms with van der Waals surface area (Å²) in [6, 6.07) is 21.7. The van der Waals surface area contributed by atoms with Gasteiger partial charge in [-0.1, -0.05) is 48.5 Å². The minimum absolute atomic E-state index is 0.103. The van der Waals surface area contributed by atoms with E-state index in [4.69, 9.17) is 9.47 Å². The van der Waals surface area contributed by atoms with Crippen LogP contribution in [0.5, 0.6) is 11.5 Å². The van der Waals surface area contributed by atoms with Crippen LogP contribution in [0.2, 0.25) is 0 Å². The number of benzene rings is 3. The summed E-state index contributed by atoms with van der Waals surface area (Å²) in [4.78, 5) is 31.6. The molecule has 0 aliphatic carbocycles. The van der Waals surface area contributed by atoms with Crippen LogP contribution < -0.4 is 14.4 Å². The van der Waals surface area contributed by atoms with E-state index in [9.17, 15) is 14.7 Å². The average molecular weight is 466 g/mol. The summed E-state index contributed by atoms with van der Waals surface area (Å²) in [5.41, 5.74) is 3.24. The molecule has 3 aromatic carbocycles. The van der Waals surface area contributed by atoms with Crippen molar-refractivity contribution in [3.8, 4) is 11.5 Å². The third-order valence-electron chi connectivity index (χ3n) is 6.54. The Kier molecular flexibility index (Phi) is 5.03. The first kappa shape index (κ1) is 21.0. The van der Waals surface area contributed by atoms with Gasteiger partial charge in [0.1, 0.15) is 0 Å². The van der Waals surface area contributed by atoms with Crippen LogP contribution in [0, 0.1) is 0 Å². The highest BCUT2D eigenvalue weighted by Crippen LogP contribution is 2.45. The van der Waals surface area contributed by atoms with Crippen molar-refractivity contribution in [1.82, 2.24) is 4.98 Å². The fraction of sp³-hybridized carbons (Fsp3) is 0.143. The Labute approximate surface area is 201 Å². The molecule has 3 heterocycles. The smallest absolute Gasteiger partial charge is 0.294 e. The van der Waals surface area contributed by atoms with E-state index in [2.05, 4.69) is 4.98 Å². The van der Waals surface area contributed by atoms with Crippen molar-refractivity contribution >= 4 is 28.3 Å². The maximum Gasteiger partial charge on any atom is 0.294 e. The number of ketones is 1. The van der Waals surface area contributed by atoms with Crippen molar-refractivity contribution in [2.24, 2.45) is 0 Å². The van der Waals surface area contributed by atoms with E-state index in [1.807, 2.05) is 54.6 Å². The van der Waals surface area contributed by atoms with Gasteiger partial charge >= 0.3 is 0 Å². The first-order valence-electron chi connectivity index (χ1n) is 11.4. The maximum absolute atomic E-state index is 13.5. The summed E-state index contributed by atoms with van der Waals surface area (Å²) in [5, 5.41) is 11.9. The molecule has 1 amide bonds. The van der Waals surface area contributed by atoms with E-state index in [-0.39, 0.29) is 24.6 Å². The third-order valence-corrected chi connectivity index (χ3v) is 6.54. The molecule has 0 fully saturated rings. The lowest BCUT2D eigenvalue weighted by Gasteiger charge is -2.26. The van der Waals surface area contributed by atoms with Gasteiger partial charge in [-0.3, -0.25) is 14.5 Å². The summed E-state index contributed by atoms with van der Waals surface area (Å²) in [6.45, 7) is 0.103. The van der Waals surface area contributed by atoms with Gasteiger partial charge in [0.05, 0.1) is 11.6 Å². The normalized spacial score (nSPS) is 17.0. The van der Waals surface area contributed by atoms with Gasteiger partial charge in [0.25, 0.3) is 5.91 Å². The highest BCUT2D eigenvalue weighted by Gasteiger charge is 2.45.